The first-order valence-corrected chi connectivity index (χ1v) is 6.78. The lowest BCUT2D eigenvalue weighted by atomic mass is 10.2. The van der Waals surface area contributed by atoms with Crippen molar-refractivity contribution in [1.29, 1.82) is 0 Å². The summed E-state index contributed by atoms with van der Waals surface area (Å²) in [6, 6.07) is 7.88. The Kier molecular flexibility index (Phi) is 3.37. The molecule has 0 aliphatic carbocycles. The Balaban J connectivity index is 1.74. The van der Waals surface area contributed by atoms with E-state index < -0.39 is 0 Å². The third-order valence-corrected chi connectivity index (χ3v) is 3.38. The second-order valence-electron chi connectivity index (χ2n) is 4.94. The van der Waals surface area contributed by atoms with E-state index in [1.54, 1.807) is 6.92 Å². The Hall–Kier alpha value is -2.37. The molecule has 1 aliphatic heterocycles. The molecule has 2 N–H and O–H groups in total. The fourth-order valence-electron chi connectivity index (χ4n) is 2.39. The molecule has 2 heterocycles. The zero-order valence-electron chi connectivity index (χ0n) is 11.4. The molecule has 0 atom stereocenters. The maximum absolute atomic E-state index is 12.0. The average Bonchev–Trinajstić information content (AvgIpc) is 3.10. The van der Waals surface area contributed by atoms with Crippen LogP contribution in [0.2, 0.25) is 0 Å². The summed E-state index contributed by atoms with van der Waals surface area (Å²) < 4.78 is 0. The van der Waals surface area contributed by atoms with Gasteiger partial charge < -0.3 is 10.2 Å². The van der Waals surface area contributed by atoms with Gasteiger partial charge in [-0.2, -0.15) is 0 Å². The topological polar surface area (TPSA) is 73.9 Å². The molecule has 1 fully saturated rings. The van der Waals surface area contributed by atoms with E-state index in [4.69, 9.17) is 0 Å². The monoisotopic (exact) mass is 271 g/mol. The maximum Gasteiger partial charge on any atom is 0.295 e. The van der Waals surface area contributed by atoms with Crippen molar-refractivity contribution in [3.8, 4) is 0 Å². The van der Waals surface area contributed by atoms with Gasteiger partial charge in [0.25, 0.3) is 5.91 Å². The van der Waals surface area contributed by atoms with Crippen LogP contribution in [0, 0.1) is 6.92 Å². The van der Waals surface area contributed by atoms with Gasteiger partial charge in [-0.25, -0.2) is 4.98 Å². The Labute approximate surface area is 117 Å². The number of carbonyl (C=O) groups is 1. The first-order chi connectivity index (χ1) is 9.72. The predicted molar refractivity (Wildman–Crippen MR) is 77.0 cm³/mol. The second kappa shape index (κ2) is 5.32. The van der Waals surface area contributed by atoms with Crippen molar-refractivity contribution in [2.45, 2.75) is 19.8 Å². The van der Waals surface area contributed by atoms with E-state index in [1.807, 2.05) is 18.2 Å². The Morgan fingerprint density at radius 1 is 1.35 bits per heavy atom. The van der Waals surface area contributed by atoms with Crippen LogP contribution in [0.5, 0.6) is 0 Å². The van der Waals surface area contributed by atoms with Crippen LogP contribution in [0.3, 0.4) is 0 Å². The normalized spacial score (nSPS) is 14.6. The van der Waals surface area contributed by atoms with Crippen LogP contribution in [0.4, 0.5) is 11.4 Å². The van der Waals surface area contributed by atoms with Gasteiger partial charge in [-0.05, 0) is 38.0 Å². The van der Waals surface area contributed by atoms with Gasteiger partial charge in [-0.1, -0.05) is 6.07 Å². The number of nitrogens with one attached hydrogen (secondary N) is 2. The zero-order valence-corrected chi connectivity index (χ0v) is 11.4. The molecule has 1 amide bonds. The standard InChI is InChI=1S/C14H17N5O/c1-10-15-13(18-17-10)14(20)16-11-5-4-6-12(9-11)19-7-2-3-8-19/h4-6,9H,2-3,7-8H2,1H3,(H,16,20)(H,15,17,18). The molecule has 0 bridgehead atoms. The summed E-state index contributed by atoms with van der Waals surface area (Å²) in [6.07, 6.45) is 2.46. The number of rotatable bonds is 3. The van der Waals surface area contributed by atoms with Crippen molar-refractivity contribution in [1.82, 2.24) is 15.2 Å². The molecule has 1 aromatic heterocycles. The maximum atomic E-state index is 12.0. The summed E-state index contributed by atoms with van der Waals surface area (Å²) in [6.45, 7) is 3.92. The minimum Gasteiger partial charge on any atom is -0.371 e. The van der Waals surface area contributed by atoms with Gasteiger partial charge in [-0.15, -0.1) is 5.10 Å². The third kappa shape index (κ3) is 2.64. The summed E-state index contributed by atoms with van der Waals surface area (Å²) in [5, 5.41) is 9.34. The summed E-state index contributed by atoms with van der Waals surface area (Å²) in [4.78, 5) is 18.3. The van der Waals surface area contributed by atoms with Gasteiger partial charge in [0.15, 0.2) is 0 Å². The molecule has 2 aromatic rings. The van der Waals surface area contributed by atoms with Crippen molar-refractivity contribution < 1.29 is 4.79 Å². The number of anilines is 2. The van der Waals surface area contributed by atoms with Crippen LogP contribution < -0.4 is 10.2 Å². The van der Waals surface area contributed by atoms with Crippen molar-refractivity contribution in [2.24, 2.45) is 0 Å². The lowest BCUT2D eigenvalue weighted by Crippen LogP contribution is -2.18. The van der Waals surface area contributed by atoms with Gasteiger partial charge in [0.2, 0.25) is 5.82 Å². The molecule has 0 spiro atoms. The molecule has 1 aliphatic rings. The lowest BCUT2D eigenvalue weighted by molar-refractivity contribution is 0.101. The SMILES string of the molecule is Cc1nc(C(=O)Nc2cccc(N3CCCC3)c2)n[nH]1. The average molecular weight is 271 g/mol. The highest BCUT2D eigenvalue weighted by Gasteiger charge is 2.14. The lowest BCUT2D eigenvalue weighted by Gasteiger charge is -2.18. The molecular weight excluding hydrogens is 254 g/mol. The number of hydrogen-bond acceptors (Lipinski definition) is 4. The van der Waals surface area contributed by atoms with E-state index in [0.717, 1.165) is 24.5 Å². The number of aromatic amines is 1. The number of amides is 1. The van der Waals surface area contributed by atoms with E-state index >= 15 is 0 Å². The fourth-order valence-corrected chi connectivity index (χ4v) is 2.39. The molecular formula is C14H17N5O. The minimum atomic E-state index is -0.298. The van der Waals surface area contributed by atoms with Crippen LogP contribution in [0.15, 0.2) is 24.3 Å². The van der Waals surface area contributed by atoms with E-state index in [2.05, 4.69) is 31.5 Å². The Morgan fingerprint density at radius 2 is 2.15 bits per heavy atom. The zero-order chi connectivity index (χ0) is 13.9. The molecule has 3 rings (SSSR count). The molecule has 20 heavy (non-hydrogen) atoms. The van der Waals surface area contributed by atoms with Crippen LogP contribution in [-0.2, 0) is 0 Å². The smallest absolute Gasteiger partial charge is 0.295 e. The first-order valence-electron chi connectivity index (χ1n) is 6.78. The van der Waals surface area contributed by atoms with E-state index in [0.29, 0.717) is 5.82 Å². The molecule has 0 unspecified atom stereocenters. The van der Waals surface area contributed by atoms with Crippen molar-refractivity contribution in [3.63, 3.8) is 0 Å². The van der Waals surface area contributed by atoms with E-state index in [1.165, 1.54) is 12.8 Å². The van der Waals surface area contributed by atoms with Gasteiger partial charge >= 0.3 is 0 Å². The van der Waals surface area contributed by atoms with Crippen LogP contribution in [0.25, 0.3) is 0 Å². The summed E-state index contributed by atoms with van der Waals surface area (Å²) in [5.74, 6) is 0.489. The summed E-state index contributed by atoms with van der Waals surface area (Å²) in [5.41, 5.74) is 1.91. The van der Waals surface area contributed by atoms with Gasteiger partial charge in [-0.3, -0.25) is 9.89 Å². The quantitative estimate of drug-likeness (QED) is 0.895. The van der Waals surface area contributed by atoms with Crippen LogP contribution in [0.1, 0.15) is 29.3 Å². The molecule has 0 saturated carbocycles. The number of aryl methyl sites for hydroxylation is 1. The summed E-state index contributed by atoms with van der Waals surface area (Å²) in [7, 11) is 0. The number of benzene rings is 1. The first kappa shape index (κ1) is 12.7. The van der Waals surface area contributed by atoms with Crippen LogP contribution >= 0.6 is 0 Å². The molecule has 0 radical (unpaired) electrons. The number of hydrogen-bond donors (Lipinski definition) is 2. The van der Waals surface area contributed by atoms with Crippen molar-refractivity contribution in [3.05, 3.63) is 35.9 Å². The van der Waals surface area contributed by atoms with Crippen LogP contribution in [-0.4, -0.2) is 34.2 Å². The molecule has 1 saturated heterocycles. The van der Waals surface area contributed by atoms with E-state index in [-0.39, 0.29) is 11.7 Å². The highest BCUT2D eigenvalue weighted by molar-refractivity contribution is 6.01. The number of carbonyl (C=O) groups excluding carboxylic acids is 1. The molecule has 104 valence electrons. The van der Waals surface area contributed by atoms with Gasteiger partial charge in [0.05, 0.1) is 0 Å². The Bertz CT molecular complexity index is 616. The minimum absolute atomic E-state index is 0.161. The van der Waals surface area contributed by atoms with E-state index in [9.17, 15) is 4.79 Å². The number of H-pyrrole nitrogens is 1. The van der Waals surface area contributed by atoms with Crippen molar-refractivity contribution in [2.75, 3.05) is 23.3 Å². The molecule has 6 heteroatoms. The van der Waals surface area contributed by atoms with Gasteiger partial charge in [0.1, 0.15) is 5.82 Å². The number of nitrogens with zero attached hydrogens (tertiary/aromatic N) is 3. The predicted octanol–water partition coefficient (Wildman–Crippen LogP) is 1.97. The summed E-state index contributed by atoms with van der Waals surface area (Å²) >= 11 is 0. The number of aromatic nitrogens is 3. The molecule has 6 nitrogen and oxygen atoms in total. The fraction of sp³-hybridized carbons (Fsp3) is 0.357. The molecule has 1 aromatic carbocycles. The largest absolute Gasteiger partial charge is 0.371 e. The highest BCUT2D eigenvalue weighted by atomic mass is 16.2. The second-order valence-corrected chi connectivity index (χ2v) is 4.94. The highest BCUT2D eigenvalue weighted by Crippen LogP contribution is 2.23. The van der Waals surface area contributed by atoms with Crippen molar-refractivity contribution >= 4 is 17.3 Å². The van der Waals surface area contributed by atoms with Gasteiger partial charge in [0, 0.05) is 24.5 Å². The third-order valence-electron chi connectivity index (χ3n) is 3.38. The Morgan fingerprint density at radius 3 is 2.85 bits per heavy atom.